The van der Waals surface area contributed by atoms with Crippen molar-refractivity contribution >= 4 is 23.8 Å². The van der Waals surface area contributed by atoms with Crippen LogP contribution >= 0.6 is 12.4 Å². The topological polar surface area (TPSA) is 109 Å². The lowest BCUT2D eigenvalue weighted by Gasteiger charge is -2.30. The molecule has 2 N–H and O–H groups in total. The highest BCUT2D eigenvalue weighted by atomic mass is 35.5. The van der Waals surface area contributed by atoms with Gasteiger partial charge < -0.3 is 15.2 Å². The molecule has 1 fully saturated rings. The Morgan fingerprint density at radius 3 is 3.04 bits per heavy atom. The van der Waals surface area contributed by atoms with Crippen LogP contribution in [-0.2, 0) is 6.54 Å². The zero-order valence-corrected chi connectivity index (χ0v) is 14.0. The monoisotopic (exact) mass is 354 g/mol. The van der Waals surface area contributed by atoms with Gasteiger partial charge >= 0.3 is 0 Å². The number of halogens is 1. The molecule has 9 nitrogen and oxygen atoms in total. The number of nitro benzene ring substituents is 1. The molecular formula is C14H19ClN6O3. The van der Waals surface area contributed by atoms with Gasteiger partial charge in [0.15, 0.2) is 5.82 Å². The Hall–Kier alpha value is -2.23. The Balaban J connectivity index is 0.00000208. The first-order valence-corrected chi connectivity index (χ1v) is 7.36. The second-order valence-electron chi connectivity index (χ2n) is 5.37. The van der Waals surface area contributed by atoms with Crippen LogP contribution in [0.1, 0.15) is 17.8 Å². The molecule has 2 aromatic rings. The number of para-hydroxylation sites is 2. The summed E-state index contributed by atoms with van der Waals surface area (Å²) in [6, 6.07) is 6.53. The summed E-state index contributed by atoms with van der Waals surface area (Å²) >= 11 is 0. The standard InChI is InChI=1S/C14H18N6O3.ClH/c1-19-7-6-15-8-12(19)14-17-13(23-18-14)9-16-10-4-2-3-5-11(10)20(21)22;/h2-5,12,15-16H,6-9H2,1H3;1H. The van der Waals surface area contributed by atoms with Gasteiger partial charge in [-0.25, -0.2) is 0 Å². The summed E-state index contributed by atoms with van der Waals surface area (Å²) in [4.78, 5) is 17.1. The van der Waals surface area contributed by atoms with Crippen molar-refractivity contribution in [2.24, 2.45) is 0 Å². The van der Waals surface area contributed by atoms with Gasteiger partial charge in [-0.15, -0.1) is 12.4 Å². The van der Waals surface area contributed by atoms with E-state index < -0.39 is 4.92 Å². The molecular weight excluding hydrogens is 336 g/mol. The molecule has 1 aromatic carbocycles. The number of rotatable bonds is 5. The van der Waals surface area contributed by atoms with E-state index in [0.29, 0.717) is 17.4 Å². The molecule has 0 aliphatic carbocycles. The van der Waals surface area contributed by atoms with Gasteiger partial charge in [-0.2, -0.15) is 4.98 Å². The average Bonchev–Trinajstić information content (AvgIpc) is 3.02. The van der Waals surface area contributed by atoms with E-state index in [1.165, 1.54) is 6.07 Å². The predicted molar refractivity (Wildman–Crippen MR) is 90.2 cm³/mol. The van der Waals surface area contributed by atoms with Gasteiger partial charge in [0.05, 0.1) is 17.5 Å². The molecule has 10 heteroatoms. The third-order valence-electron chi connectivity index (χ3n) is 3.82. The lowest BCUT2D eigenvalue weighted by Crippen LogP contribution is -2.44. The van der Waals surface area contributed by atoms with E-state index in [9.17, 15) is 10.1 Å². The van der Waals surface area contributed by atoms with Gasteiger partial charge in [0, 0.05) is 25.7 Å². The van der Waals surface area contributed by atoms with E-state index in [-0.39, 0.29) is 30.7 Å². The van der Waals surface area contributed by atoms with Crippen LogP contribution in [0.4, 0.5) is 11.4 Å². The second-order valence-corrected chi connectivity index (χ2v) is 5.37. The van der Waals surface area contributed by atoms with Crippen molar-refractivity contribution in [3.63, 3.8) is 0 Å². The number of piperazine rings is 1. The number of aromatic nitrogens is 2. The molecule has 1 aliphatic heterocycles. The summed E-state index contributed by atoms with van der Waals surface area (Å²) < 4.78 is 5.24. The fourth-order valence-electron chi connectivity index (χ4n) is 2.52. The lowest BCUT2D eigenvalue weighted by molar-refractivity contribution is -0.384. The van der Waals surface area contributed by atoms with Crippen LogP contribution < -0.4 is 10.6 Å². The molecule has 0 spiro atoms. The minimum absolute atomic E-state index is 0. The van der Waals surface area contributed by atoms with Crippen LogP contribution in [0, 0.1) is 10.1 Å². The Kier molecular flexibility index (Phi) is 6.07. The number of likely N-dealkylation sites (N-methyl/N-ethyl adjacent to an activating group) is 1. The molecule has 2 heterocycles. The highest BCUT2D eigenvalue weighted by Crippen LogP contribution is 2.24. The van der Waals surface area contributed by atoms with Gasteiger partial charge in [0.1, 0.15) is 5.69 Å². The van der Waals surface area contributed by atoms with Crippen molar-refractivity contribution in [3.8, 4) is 0 Å². The summed E-state index contributed by atoms with van der Waals surface area (Å²) in [5.74, 6) is 1.02. The third-order valence-corrected chi connectivity index (χ3v) is 3.82. The average molecular weight is 355 g/mol. The van der Waals surface area contributed by atoms with E-state index in [2.05, 4.69) is 25.7 Å². The maximum Gasteiger partial charge on any atom is 0.292 e. The molecule has 1 unspecified atom stereocenters. The van der Waals surface area contributed by atoms with Gasteiger partial charge in [0.25, 0.3) is 5.69 Å². The van der Waals surface area contributed by atoms with Gasteiger partial charge in [-0.05, 0) is 13.1 Å². The van der Waals surface area contributed by atoms with E-state index in [1.54, 1.807) is 18.2 Å². The predicted octanol–water partition coefficient (Wildman–Crippen LogP) is 1.59. The normalized spacial score (nSPS) is 18.0. The zero-order chi connectivity index (χ0) is 16.2. The van der Waals surface area contributed by atoms with Crippen molar-refractivity contribution in [1.29, 1.82) is 0 Å². The van der Waals surface area contributed by atoms with E-state index in [1.807, 2.05) is 7.05 Å². The number of anilines is 1. The summed E-state index contributed by atoms with van der Waals surface area (Å²) in [7, 11) is 2.02. The number of nitro groups is 1. The smallest absolute Gasteiger partial charge is 0.292 e. The molecule has 130 valence electrons. The Labute approximate surface area is 145 Å². The van der Waals surface area contributed by atoms with Crippen LogP contribution in [0.25, 0.3) is 0 Å². The quantitative estimate of drug-likeness (QED) is 0.615. The molecule has 1 saturated heterocycles. The maximum atomic E-state index is 11.0. The van der Waals surface area contributed by atoms with Crippen LogP contribution in [0.15, 0.2) is 28.8 Å². The van der Waals surface area contributed by atoms with Crippen LogP contribution in [0.3, 0.4) is 0 Å². The molecule has 1 atom stereocenters. The number of nitrogens with zero attached hydrogens (tertiary/aromatic N) is 4. The zero-order valence-electron chi connectivity index (χ0n) is 13.1. The van der Waals surface area contributed by atoms with Crippen molar-refractivity contribution in [2.45, 2.75) is 12.6 Å². The molecule has 24 heavy (non-hydrogen) atoms. The fraction of sp³-hybridized carbons (Fsp3) is 0.429. The summed E-state index contributed by atoms with van der Waals surface area (Å²) in [6.45, 7) is 2.87. The minimum atomic E-state index is -0.426. The molecule has 1 aromatic heterocycles. The molecule has 0 amide bonds. The SMILES string of the molecule is CN1CCNCC1c1noc(CNc2ccccc2[N+](=O)[O-])n1.Cl. The number of benzene rings is 1. The number of nitrogens with one attached hydrogen (secondary N) is 2. The molecule has 1 aliphatic rings. The number of hydrogen-bond acceptors (Lipinski definition) is 8. The first kappa shape index (κ1) is 18.1. The van der Waals surface area contributed by atoms with Crippen molar-refractivity contribution < 1.29 is 9.45 Å². The maximum absolute atomic E-state index is 11.0. The molecule has 0 bridgehead atoms. The van der Waals surface area contributed by atoms with E-state index in [4.69, 9.17) is 4.52 Å². The highest BCUT2D eigenvalue weighted by molar-refractivity contribution is 5.85. The molecule has 3 rings (SSSR count). The minimum Gasteiger partial charge on any atom is -0.371 e. The van der Waals surface area contributed by atoms with Crippen molar-refractivity contribution in [3.05, 3.63) is 46.1 Å². The van der Waals surface area contributed by atoms with Crippen LogP contribution in [0.5, 0.6) is 0 Å². The molecule has 0 saturated carbocycles. The Morgan fingerprint density at radius 1 is 1.50 bits per heavy atom. The van der Waals surface area contributed by atoms with Crippen LogP contribution in [0.2, 0.25) is 0 Å². The summed E-state index contributed by atoms with van der Waals surface area (Å²) in [6.07, 6.45) is 0. The second kappa shape index (κ2) is 8.04. The lowest BCUT2D eigenvalue weighted by atomic mass is 10.2. The van der Waals surface area contributed by atoms with Gasteiger partial charge in [-0.1, -0.05) is 17.3 Å². The molecule has 0 radical (unpaired) electrons. The highest BCUT2D eigenvalue weighted by Gasteiger charge is 2.25. The largest absolute Gasteiger partial charge is 0.371 e. The van der Waals surface area contributed by atoms with Gasteiger partial charge in [0.2, 0.25) is 5.89 Å². The first-order chi connectivity index (χ1) is 11.1. The van der Waals surface area contributed by atoms with Crippen LogP contribution in [-0.4, -0.2) is 46.6 Å². The summed E-state index contributed by atoms with van der Waals surface area (Å²) in [5, 5.41) is 21.3. The fourth-order valence-corrected chi connectivity index (χ4v) is 2.52. The van der Waals surface area contributed by atoms with E-state index in [0.717, 1.165) is 19.6 Å². The van der Waals surface area contributed by atoms with Gasteiger partial charge in [-0.3, -0.25) is 15.0 Å². The Bertz CT molecular complexity index is 695. The Morgan fingerprint density at radius 2 is 2.29 bits per heavy atom. The van der Waals surface area contributed by atoms with Crippen molar-refractivity contribution in [2.75, 3.05) is 32.0 Å². The number of hydrogen-bond donors (Lipinski definition) is 2. The van der Waals surface area contributed by atoms with E-state index >= 15 is 0 Å². The van der Waals surface area contributed by atoms with Crippen molar-refractivity contribution in [1.82, 2.24) is 20.4 Å². The summed E-state index contributed by atoms with van der Waals surface area (Å²) in [5.41, 5.74) is 0.442. The first-order valence-electron chi connectivity index (χ1n) is 7.36. The third kappa shape index (κ3) is 3.99.